The lowest BCUT2D eigenvalue weighted by molar-refractivity contribution is -0.159. The molecule has 8 nitrogen and oxygen atoms in total. The highest BCUT2D eigenvalue weighted by Gasteiger charge is 2.21. The number of halogens is 1. The molecule has 0 bridgehead atoms. The van der Waals surface area contributed by atoms with Crippen molar-refractivity contribution in [1.82, 2.24) is 0 Å². The van der Waals surface area contributed by atoms with Crippen molar-refractivity contribution in [2.24, 2.45) is 5.73 Å². The molecule has 0 unspecified atom stereocenters. The van der Waals surface area contributed by atoms with Crippen LogP contribution in [-0.2, 0) is 14.3 Å². The molecule has 0 aliphatic carbocycles. The molecule has 1 aromatic rings. The monoisotopic (exact) mass is 393 g/mol. The van der Waals surface area contributed by atoms with Crippen molar-refractivity contribution in [3.63, 3.8) is 0 Å². The second-order valence-electron chi connectivity index (χ2n) is 4.35. The number of aliphatic carboxylic acids is 2. The topological polar surface area (TPSA) is 128 Å². The minimum absolute atomic E-state index is 0.139. The number of carboxylic acids is 2. The van der Waals surface area contributed by atoms with Crippen LogP contribution < -0.4 is 15.2 Å². The van der Waals surface area contributed by atoms with Gasteiger partial charge in [-0.25, -0.2) is 9.59 Å². The summed E-state index contributed by atoms with van der Waals surface area (Å²) in [5, 5.41) is 14.8. The van der Waals surface area contributed by atoms with Gasteiger partial charge in [0.2, 0.25) is 0 Å². The quantitative estimate of drug-likeness (QED) is 0.644. The molecule has 0 aromatic heterocycles. The largest absolute Gasteiger partial charge is 0.496 e. The average Bonchev–Trinajstić information content (AvgIpc) is 2.49. The van der Waals surface area contributed by atoms with E-state index in [1.54, 1.807) is 21.3 Å². The van der Waals surface area contributed by atoms with Crippen LogP contribution in [0.5, 0.6) is 11.5 Å². The van der Waals surface area contributed by atoms with Crippen molar-refractivity contribution in [3.05, 3.63) is 22.2 Å². The van der Waals surface area contributed by atoms with E-state index in [1.165, 1.54) is 0 Å². The van der Waals surface area contributed by atoms with Crippen molar-refractivity contribution >= 4 is 27.9 Å². The predicted molar refractivity (Wildman–Crippen MR) is 85.9 cm³/mol. The Hall–Kier alpha value is -1.84. The summed E-state index contributed by atoms with van der Waals surface area (Å²) in [6.45, 7) is 1.89. The van der Waals surface area contributed by atoms with E-state index in [0.717, 1.165) is 21.5 Å². The first-order valence-corrected chi connectivity index (χ1v) is 7.14. The smallest absolute Gasteiger partial charge is 0.414 e. The molecule has 2 atom stereocenters. The number of rotatable bonds is 5. The van der Waals surface area contributed by atoms with E-state index in [2.05, 4.69) is 15.9 Å². The number of benzene rings is 1. The van der Waals surface area contributed by atoms with Gasteiger partial charge in [0.05, 0.1) is 18.7 Å². The van der Waals surface area contributed by atoms with Gasteiger partial charge in [-0.1, -0.05) is 0 Å². The van der Waals surface area contributed by atoms with E-state index in [9.17, 15) is 0 Å². The number of carboxylic acid groups (broad SMARTS) is 2. The number of hydrogen-bond acceptors (Lipinski definition) is 6. The third kappa shape index (κ3) is 6.43. The molecule has 0 saturated heterocycles. The number of hydrogen-bond donors (Lipinski definition) is 3. The van der Waals surface area contributed by atoms with Crippen LogP contribution in [0.2, 0.25) is 0 Å². The predicted octanol–water partition coefficient (Wildman–Crippen LogP) is 1.66. The fraction of sp³-hybridized carbons (Fsp3) is 0.429. The second-order valence-corrected chi connectivity index (χ2v) is 5.21. The molecule has 1 rings (SSSR count). The van der Waals surface area contributed by atoms with E-state index in [1.807, 2.05) is 19.1 Å². The minimum Gasteiger partial charge on any atom is -0.496 e. The van der Waals surface area contributed by atoms with Crippen molar-refractivity contribution in [2.45, 2.75) is 19.1 Å². The molecule has 0 fully saturated rings. The van der Waals surface area contributed by atoms with Crippen molar-refractivity contribution < 1.29 is 34.0 Å². The number of ether oxygens (including phenoxy) is 3. The lowest BCUT2D eigenvalue weighted by Crippen LogP contribution is -2.26. The Morgan fingerprint density at radius 1 is 1.09 bits per heavy atom. The highest BCUT2D eigenvalue weighted by molar-refractivity contribution is 9.10. The van der Waals surface area contributed by atoms with Crippen LogP contribution in [0.15, 0.2) is 16.6 Å². The van der Waals surface area contributed by atoms with Gasteiger partial charge in [0.25, 0.3) is 0 Å². The van der Waals surface area contributed by atoms with Crippen LogP contribution in [0.4, 0.5) is 0 Å². The maximum absolute atomic E-state index is 9.10. The van der Waals surface area contributed by atoms with Gasteiger partial charge in [-0.15, -0.1) is 0 Å². The maximum Gasteiger partial charge on any atom is 0.414 e. The van der Waals surface area contributed by atoms with E-state index in [4.69, 9.17) is 39.7 Å². The van der Waals surface area contributed by atoms with Crippen LogP contribution in [-0.4, -0.2) is 49.5 Å². The molecule has 130 valence electrons. The molecule has 0 aliphatic heterocycles. The Morgan fingerprint density at radius 3 is 1.87 bits per heavy atom. The zero-order valence-electron chi connectivity index (χ0n) is 13.2. The molecule has 9 heteroatoms. The third-order valence-electron chi connectivity index (χ3n) is 2.73. The summed E-state index contributed by atoms with van der Waals surface area (Å²) in [6, 6.07) is 3.59. The van der Waals surface area contributed by atoms with Crippen LogP contribution in [0, 0.1) is 0 Å². The van der Waals surface area contributed by atoms with Crippen LogP contribution in [0.25, 0.3) is 0 Å². The molecule has 4 N–H and O–H groups in total. The number of nitrogens with two attached hydrogens (primary N) is 1. The zero-order valence-corrected chi connectivity index (χ0v) is 14.8. The van der Waals surface area contributed by atoms with Gasteiger partial charge in [0, 0.05) is 18.7 Å². The standard InChI is InChI=1S/C12H18BrNO3.C2H2O4/c1-7(14)12(17-4)8-5-11(16-3)9(13)6-10(8)15-2;3-1(4)2(5)6/h5-7,12H,14H2,1-4H3;(H,3,4)(H,5,6)/t7-,12-;/m1./s1. The van der Waals surface area contributed by atoms with Crippen LogP contribution in [0.3, 0.4) is 0 Å². The minimum atomic E-state index is -1.82. The van der Waals surface area contributed by atoms with E-state index in [0.29, 0.717) is 0 Å². The summed E-state index contributed by atoms with van der Waals surface area (Å²) in [5.74, 6) is -2.20. The molecule has 23 heavy (non-hydrogen) atoms. The van der Waals surface area contributed by atoms with Crippen LogP contribution in [0.1, 0.15) is 18.6 Å². The number of methoxy groups -OCH3 is 3. The fourth-order valence-corrected chi connectivity index (χ4v) is 2.22. The first-order valence-electron chi connectivity index (χ1n) is 6.35. The Kier molecular flexibility index (Phi) is 9.23. The molecule has 0 heterocycles. The first-order chi connectivity index (χ1) is 10.7. The summed E-state index contributed by atoms with van der Waals surface area (Å²) in [4.78, 5) is 18.2. The molecular formula is C14H20BrNO7. The van der Waals surface area contributed by atoms with Gasteiger partial charge >= 0.3 is 11.9 Å². The van der Waals surface area contributed by atoms with Gasteiger partial charge in [0.15, 0.2) is 0 Å². The van der Waals surface area contributed by atoms with Gasteiger partial charge in [-0.3, -0.25) is 0 Å². The van der Waals surface area contributed by atoms with E-state index in [-0.39, 0.29) is 12.1 Å². The summed E-state index contributed by atoms with van der Waals surface area (Å²) in [6.07, 6.45) is -0.230. The molecule has 0 radical (unpaired) electrons. The van der Waals surface area contributed by atoms with Gasteiger partial charge in [-0.2, -0.15) is 0 Å². The van der Waals surface area contributed by atoms with Gasteiger partial charge in [0.1, 0.15) is 17.6 Å². The zero-order chi connectivity index (χ0) is 18.2. The molecule has 0 amide bonds. The Labute approximate surface area is 142 Å². The van der Waals surface area contributed by atoms with Gasteiger partial charge < -0.3 is 30.2 Å². The first kappa shape index (κ1) is 21.2. The molecular weight excluding hydrogens is 374 g/mol. The lowest BCUT2D eigenvalue weighted by atomic mass is 10.0. The summed E-state index contributed by atoms with van der Waals surface area (Å²) >= 11 is 3.41. The molecule has 0 saturated carbocycles. The van der Waals surface area contributed by atoms with E-state index < -0.39 is 11.9 Å². The Bertz CT molecular complexity index is 536. The number of carbonyl (C=O) groups is 2. The third-order valence-corrected chi connectivity index (χ3v) is 3.34. The maximum atomic E-state index is 9.10. The van der Waals surface area contributed by atoms with Crippen molar-refractivity contribution in [3.8, 4) is 11.5 Å². The second kappa shape index (κ2) is 10.0. The highest BCUT2D eigenvalue weighted by Crippen LogP contribution is 2.37. The summed E-state index contributed by atoms with van der Waals surface area (Å²) in [7, 11) is 4.86. The summed E-state index contributed by atoms with van der Waals surface area (Å²) < 4.78 is 16.8. The molecule has 0 aliphatic rings. The summed E-state index contributed by atoms with van der Waals surface area (Å²) in [5.41, 5.74) is 6.78. The normalized spacial score (nSPS) is 12.4. The van der Waals surface area contributed by atoms with Crippen LogP contribution >= 0.6 is 15.9 Å². The SMILES string of the molecule is COc1cc([C@H](OC)[C@@H](C)N)c(OC)cc1Br.O=C(O)C(=O)O. The van der Waals surface area contributed by atoms with Crippen molar-refractivity contribution in [2.75, 3.05) is 21.3 Å². The van der Waals surface area contributed by atoms with Crippen molar-refractivity contribution in [1.29, 1.82) is 0 Å². The molecule has 1 aromatic carbocycles. The van der Waals surface area contributed by atoms with Gasteiger partial charge in [-0.05, 0) is 35.0 Å². The fourth-order valence-electron chi connectivity index (χ4n) is 1.73. The molecule has 0 spiro atoms. The Balaban J connectivity index is 0.000000688. The average molecular weight is 394 g/mol. The lowest BCUT2D eigenvalue weighted by Gasteiger charge is -2.22. The Morgan fingerprint density at radius 2 is 1.57 bits per heavy atom. The highest BCUT2D eigenvalue weighted by atomic mass is 79.9. The van der Waals surface area contributed by atoms with E-state index >= 15 is 0 Å².